The van der Waals surface area contributed by atoms with Crippen LogP contribution in [0.2, 0.25) is 0 Å². The maximum atomic E-state index is 5.89. The minimum absolute atomic E-state index is 0.118. The molecule has 0 saturated heterocycles. The van der Waals surface area contributed by atoms with E-state index in [4.69, 9.17) is 10.5 Å². The molecule has 0 radical (unpaired) electrons. The van der Waals surface area contributed by atoms with Crippen LogP contribution in [0.5, 0.6) is 0 Å². The Balaban J connectivity index is 2.58. The maximum Gasteiger partial charge on any atom is 0.0589 e. The van der Waals surface area contributed by atoms with Crippen LogP contribution in [-0.2, 0) is 4.74 Å². The van der Waals surface area contributed by atoms with Crippen molar-refractivity contribution in [3.05, 3.63) is 0 Å². The third-order valence-corrected chi connectivity index (χ3v) is 3.12. The molecule has 1 fully saturated rings. The Kier molecular flexibility index (Phi) is 4.35. The van der Waals surface area contributed by atoms with Gasteiger partial charge >= 0.3 is 0 Å². The summed E-state index contributed by atoms with van der Waals surface area (Å²) in [6, 6.07) is 0.495. The average molecular weight is 200 g/mol. The molecule has 0 aromatic rings. The van der Waals surface area contributed by atoms with Gasteiger partial charge in [0.05, 0.1) is 6.10 Å². The van der Waals surface area contributed by atoms with Gasteiger partial charge in [0.15, 0.2) is 0 Å². The Morgan fingerprint density at radius 3 is 2.79 bits per heavy atom. The zero-order valence-corrected chi connectivity index (χ0v) is 9.68. The minimum Gasteiger partial charge on any atom is -0.381 e. The first kappa shape index (κ1) is 12.0. The summed E-state index contributed by atoms with van der Waals surface area (Å²) < 4.78 is 5.43. The highest BCUT2D eigenvalue weighted by atomic mass is 16.5. The largest absolute Gasteiger partial charge is 0.381 e. The SMILES string of the molecule is COC1CCCC(CN)(NC(C)C)C1. The molecule has 1 aliphatic carbocycles. The van der Waals surface area contributed by atoms with Gasteiger partial charge in [0.2, 0.25) is 0 Å². The Morgan fingerprint density at radius 2 is 2.29 bits per heavy atom. The van der Waals surface area contributed by atoms with Crippen molar-refractivity contribution in [3.63, 3.8) is 0 Å². The standard InChI is InChI=1S/C11H24N2O/c1-9(2)13-11(8-12)6-4-5-10(7-11)14-3/h9-10,13H,4-8,12H2,1-3H3. The van der Waals surface area contributed by atoms with E-state index in [-0.39, 0.29) is 5.54 Å². The average Bonchev–Trinajstić information content (AvgIpc) is 2.17. The lowest BCUT2D eigenvalue weighted by molar-refractivity contribution is 0.0305. The van der Waals surface area contributed by atoms with Gasteiger partial charge in [-0.05, 0) is 25.7 Å². The molecule has 0 aromatic heterocycles. The van der Waals surface area contributed by atoms with Crippen LogP contribution in [0.15, 0.2) is 0 Å². The number of ether oxygens (including phenoxy) is 1. The van der Waals surface area contributed by atoms with E-state index in [2.05, 4.69) is 19.2 Å². The summed E-state index contributed by atoms with van der Waals surface area (Å²) in [4.78, 5) is 0. The van der Waals surface area contributed by atoms with Gasteiger partial charge in [-0.3, -0.25) is 0 Å². The van der Waals surface area contributed by atoms with E-state index in [1.807, 2.05) is 0 Å². The second-order valence-electron chi connectivity index (χ2n) is 4.74. The van der Waals surface area contributed by atoms with Crippen molar-refractivity contribution in [2.75, 3.05) is 13.7 Å². The fourth-order valence-corrected chi connectivity index (χ4v) is 2.50. The highest BCUT2D eigenvalue weighted by molar-refractivity contribution is 4.95. The molecule has 0 aromatic carbocycles. The topological polar surface area (TPSA) is 47.3 Å². The summed E-state index contributed by atoms with van der Waals surface area (Å²) in [6.45, 7) is 5.06. The van der Waals surface area contributed by atoms with Crippen molar-refractivity contribution >= 4 is 0 Å². The quantitative estimate of drug-likeness (QED) is 0.718. The first-order valence-corrected chi connectivity index (χ1v) is 5.62. The number of hydrogen-bond donors (Lipinski definition) is 2. The van der Waals surface area contributed by atoms with E-state index in [9.17, 15) is 0 Å². The molecule has 2 unspecified atom stereocenters. The van der Waals surface area contributed by atoms with Crippen LogP contribution in [-0.4, -0.2) is 31.3 Å². The zero-order valence-electron chi connectivity index (χ0n) is 9.68. The molecule has 84 valence electrons. The fourth-order valence-electron chi connectivity index (χ4n) is 2.50. The Hall–Kier alpha value is -0.120. The molecule has 0 amide bonds. The molecule has 0 bridgehead atoms. The molecule has 14 heavy (non-hydrogen) atoms. The van der Waals surface area contributed by atoms with E-state index in [0.717, 1.165) is 6.42 Å². The van der Waals surface area contributed by atoms with Crippen LogP contribution in [0.25, 0.3) is 0 Å². The third-order valence-electron chi connectivity index (χ3n) is 3.12. The van der Waals surface area contributed by atoms with Gasteiger partial charge in [-0.25, -0.2) is 0 Å². The van der Waals surface area contributed by atoms with E-state index in [1.165, 1.54) is 19.3 Å². The van der Waals surface area contributed by atoms with Crippen LogP contribution in [0.1, 0.15) is 39.5 Å². The third kappa shape index (κ3) is 2.94. The lowest BCUT2D eigenvalue weighted by Gasteiger charge is -2.41. The number of rotatable bonds is 4. The normalized spacial score (nSPS) is 33.6. The molecule has 3 heteroatoms. The maximum absolute atomic E-state index is 5.89. The summed E-state index contributed by atoms with van der Waals surface area (Å²) in [7, 11) is 1.80. The number of methoxy groups -OCH3 is 1. The Morgan fingerprint density at radius 1 is 1.57 bits per heavy atom. The molecule has 1 saturated carbocycles. The molecule has 0 spiro atoms. The highest BCUT2D eigenvalue weighted by Gasteiger charge is 2.35. The molecule has 1 aliphatic rings. The summed E-state index contributed by atoms with van der Waals surface area (Å²) >= 11 is 0. The van der Waals surface area contributed by atoms with Gasteiger partial charge < -0.3 is 15.8 Å². The molecule has 3 nitrogen and oxygen atoms in total. The van der Waals surface area contributed by atoms with Crippen LogP contribution in [0.4, 0.5) is 0 Å². The lowest BCUT2D eigenvalue weighted by Crippen LogP contribution is -2.57. The van der Waals surface area contributed by atoms with E-state index >= 15 is 0 Å². The van der Waals surface area contributed by atoms with E-state index in [1.54, 1.807) is 7.11 Å². The van der Waals surface area contributed by atoms with Crippen LogP contribution < -0.4 is 11.1 Å². The summed E-state index contributed by atoms with van der Waals surface area (Å²) in [5, 5.41) is 3.60. The monoisotopic (exact) mass is 200 g/mol. The van der Waals surface area contributed by atoms with E-state index in [0.29, 0.717) is 18.7 Å². The molecule has 3 N–H and O–H groups in total. The van der Waals surface area contributed by atoms with Crippen LogP contribution >= 0.6 is 0 Å². The fraction of sp³-hybridized carbons (Fsp3) is 1.00. The highest BCUT2D eigenvalue weighted by Crippen LogP contribution is 2.29. The molecular weight excluding hydrogens is 176 g/mol. The van der Waals surface area contributed by atoms with Gasteiger partial charge in [0.1, 0.15) is 0 Å². The van der Waals surface area contributed by atoms with E-state index < -0.39 is 0 Å². The van der Waals surface area contributed by atoms with Crippen molar-refractivity contribution in [1.82, 2.24) is 5.32 Å². The molecule has 1 rings (SSSR count). The van der Waals surface area contributed by atoms with Crippen molar-refractivity contribution in [2.45, 2.75) is 57.2 Å². The number of nitrogens with two attached hydrogens (primary N) is 1. The smallest absolute Gasteiger partial charge is 0.0589 e. The van der Waals surface area contributed by atoms with Gasteiger partial charge in [-0.2, -0.15) is 0 Å². The summed E-state index contributed by atoms with van der Waals surface area (Å²) in [6.07, 6.45) is 5.02. The van der Waals surface area contributed by atoms with Crippen LogP contribution in [0.3, 0.4) is 0 Å². The molecular formula is C11H24N2O. The van der Waals surface area contributed by atoms with Gasteiger partial charge in [-0.1, -0.05) is 13.8 Å². The van der Waals surface area contributed by atoms with Crippen molar-refractivity contribution in [2.24, 2.45) is 5.73 Å². The second kappa shape index (κ2) is 5.10. The lowest BCUT2D eigenvalue weighted by atomic mass is 9.79. The van der Waals surface area contributed by atoms with Crippen molar-refractivity contribution in [3.8, 4) is 0 Å². The minimum atomic E-state index is 0.118. The van der Waals surface area contributed by atoms with Gasteiger partial charge in [0.25, 0.3) is 0 Å². The molecule has 0 heterocycles. The van der Waals surface area contributed by atoms with Crippen molar-refractivity contribution in [1.29, 1.82) is 0 Å². The Bertz CT molecular complexity index is 173. The molecule has 2 atom stereocenters. The predicted octanol–water partition coefficient (Wildman–Crippen LogP) is 1.27. The number of hydrogen-bond acceptors (Lipinski definition) is 3. The predicted molar refractivity (Wildman–Crippen MR) is 59.3 cm³/mol. The first-order valence-electron chi connectivity index (χ1n) is 5.62. The number of nitrogens with one attached hydrogen (secondary N) is 1. The summed E-state index contributed by atoms with van der Waals surface area (Å²) in [5.74, 6) is 0. The van der Waals surface area contributed by atoms with Crippen molar-refractivity contribution < 1.29 is 4.74 Å². The summed E-state index contributed by atoms with van der Waals surface area (Å²) in [5.41, 5.74) is 6.00. The van der Waals surface area contributed by atoms with Gasteiger partial charge in [0, 0.05) is 25.2 Å². The van der Waals surface area contributed by atoms with Gasteiger partial charge in [-0.15, -0.1) is 0 Å². The zero-order chi connectivity index (χ0) is 10.6. The second-order valence-corrected chi connectivity index (χ2v) is 4.74. The molecule has 0 aliphatic heterocycles. The Labute approximate surface area is 87.4 Å². The first-order chi connectivity index (χ1) is 6.62. The van der Waals surface area contributed by atoms with Crippen LogP contribution in [0, 0.1) is 0 Å².